The van der Waals surface area contributed by atoms with Crippen LogP contribution in [0, 0.1) is 0 Å². The van der Waals surface area contributed by atoms with Gasteiger partial charge < -0.3 is 26.8 Å². The first-order chi connectivity index (χ1) is 13.1. The second-order valence-corrected chi connectivity index (χ2v) is 8.13. The molecule has 4 rings (SSSR count). The van der Waals surface area contributed by atoms with Gasteiger partial charge in [-0.3, -0.25) is 0 Å². The summed E-state index contributed by atoms with van der Waals surface area (Å²) in [4.78, 5) is 2.28. The molecule has 2 heterocycles. The molecule has 150 valence electrons. The third-order valence-corrected chi connectivity index (χ3v) is 6.02. The molecule has 6 heteroatoms. The normalized spacial score (nSPS) is 21.8. The lowest BCUT2D eigenvalue weighted by Crippen LogP contribution is -3.00. The SMILES string of the molecule is CCOc1ccc(N2CC(O)(c3ccc(Br)cc3)[N+]3=C2CCCCC3)cc1.[Br-]. The number of β-amino-alcohol motifs (C(OH)–C–C–N with tert-alkyl or cyclic N) is 1. The van der Waals surface area contributed by atoms with Crippen LogP contribution in [0.25, 0.3) is 0 Å². The van der Waals surface area contributed by atoms with Crippen LogP contribution >= 0.6 is 15.9 Å². The maximum Gasteiger partial charge on any atom is 0.271 e. The number of halogens is 2. The standard InChI is InChI=1S/C22H26BrN2O2.BrH/c1-2-27-20-13-11-19(12-14-20)24-16-22(26,17-7-9-18(23)10-8-17)25-15-5-3-4-6-21(24)25;/h7-14,26H,2-6,15-16H2,1H3;1H/q+1;/p-1. The molecular weight excluding hydrogens is 484 g/mol. The number of aliphatic hydroxyl groups is 1. The Hall–Kier alpha value is -1.37. The molecule has 1 unspecified atom stereocenters. The first kappa shape index (κ1) is 21.3. The smallest absolute Gasteiger partial charge is 0.271 e. The fraction of sp³-hybridized carbons (Fsp3) is 0.409. The number of hydrogen-bond donors (Lipinski definition) is 1. The number of ether oxygens (including phenoxy) is 1. The minimum Gasteiger partial charge on any atom is -1.00 e. The minimum absolute atomic E-state index is 0. The van der Waals surface area contributed by atoms with Gasteiger partial charge >= 0.3 is 0 Å². The van der Waals surface area contributed by atoms with Gasteiger partial charge in [0.2, 0.25) is 0 Å². The molecule has 4 nitrogen and oxygen atoms in total. The lowest BCUT2D eigenvalue weighted by Gasteiger charge is -2.23. The molecule has 0 saturated heterocycles. The van der Waals surface area contributed by atoms with Crippen molar-refractivity contribution in [3.05, 3.63) is 58.6 Å². The summed E-state index contributed by atoms with van der Waals surface area (Å²) in [5, 5.41) is 11.8. The molecule has 0 aliphatic carbocycles. The molecule has 1 N–H and O–H groups in total. The molecule has 2 aromatic rings. The van der Waals surface area contributed by atoms with Crippen LogP contribution in [0.5, 0.6) is 5.75 Å². The van der Waals surface area contributed by atoms with E-state index < -0.39 is 5.72 Å². The summed E-state index contributed by atoms with van der Waals surface area (Å²) >= 11 is 3.50. The van der Waals surface area contributed by atoms with Crippen molar-refractivity contribution in [1.29, 1.82) is 0 Å². The number of amidine groups is 1. The van der Waals surface area contributed by atoms with E-state index >= 15 is 0 Å². The first-order valence-electron chi connectivity index (χ1n) is 9.74. The molecule has 2 aromatic carbocycles. The lowest BCUT2D eigenvalue weighted by molar-refractivity contribution is -0.658. The number of nitrogens with zero attached hydrogens (tertiary/aromatic N) is 2. The molecular formula is C22H26Br2N2O2. The fourth-order valence-corrected chi connectivity index (χ4v) is 4.43. The average molecular weight is 510 g/mol. The predicted octanol–water partition coefficient (Wildman–Crippen LogP) is 1.50. The maximum absolute atomic E-state index is 11.8. The van der Waals surface area contributed by atoms with Crippen LogP contribution in [0.4, 0.5) is 5.69 Å². The van der Waals surface area contributed by atoms with Crippen LogP contribution < -0.4 is 26.6 Å². The highest BCUT2D eigenvalue weighted by molar-refractivity contribution is 9.10. The Morgan fingerprint density at radius 3 is 2.46 bits per heavy atom. The second kappa shape index (κ2) is 8.97. The Bertz CT molecular complexity index is 837. The molecule has 0 saturated carbocycles. The van der Waals surface area contributed by atoms with Gasteiger partial charge in [-0.1, -0.05) is 28.1 Å². The molecule has 0 radical (unpaired) electrons. The van der Waals surface area contributed by atoms with Gasteiger partial charge in [0.1, 0.15) is 11.4 Å². The van der Waals surface area contributed by atoms with E-state index in [1.807, 2.05) is 43.3 Å². The molecule has 1 atom stereocenters. The van der Waals surface area contributed by atoms with Crippen molar-refractivity contribution >= 4 is 27.5 Å². The van der Waals surface area contributed by atoms with Gasteiger partial charge in [0.05, 0.1) is 13.2 Å². The highest BCUT2D eigenvalue weighted by Crippen LogP contribution is 2.36. The van der Waals surface area contributed by atoms with Crippen LogP contribution in [-0.4, -0.2) is 35.2 Å². The Kier molecular flexibility index (Phi) is 6.84. The van der Waals surface area contributed by atoms with Crippen LogP contribution in [0.1, 0.15) is 38.2 Å². The minimum atomic E-state index is -1.00. The second-order valence-electron chi connectivity index (χ2n) is 7.22. The summed E-state index contributed by atoms with van der Waals surface area (Å²) in [6, 6.07) is 16.3. The average Bonchev–Trinajstić information content (AvgIpc) is 2.84. The van der Waals surface area contributed by atoms with Crippen molar-refractivity contribution < 1.29 is 31.4 Å². The zero-order valence-corrected chi connectivity index (χ0v) is 19.2. The lowest BCUT2D eigenvalue weighted by atomic mass is 10.0. The number of anilines is 1. The Morgan fingerprint density at radius 1 is 1.07 bits per heavy atom. The van der Waals surface area contributed by atoms with Crippen LogP contribution in [0.2, 0.25) is 0 Å². The molecule has 0 spiro atoms. The summed E-state index contributed by atoms with van der Waals surface area (Å²) < 4.78 is 8.83. The van der Waals surface area contributed by atoms with E-state index in [9.17, 15) is 5.11 Å². The van der Waals surface area contributed by atoms with E-state index in [0.29, 0.717) is 13.2 Å². The molecule has 2 aliphatic heterocycles. The summed E-state index contributed by atoms with van der Waals surface area (Å²) in [6.45, 7) is 4.08. The van der Waals surface area contributed by atoms with Crippen molar-refractivity contribution in [3.8, 4) is 5.75 Å². The Morgan fingerprint density at radius 2 is 1.79 bits per heavy atom. The zero-order chi connectivity index (χ0) is 18.9. The molecule has 0 fully saturated rings. The van der Waals surface area contributed by atoms with Gasteiger partial charge in [0, 0.05) is 16.5 Å². The largest absolute Gasteiger partial charge is 1.00 e. The van der Waals surface area contributed by atoms with Gasteiger partial charge in [0.25, 0.3) is 11.6 Å². The summed E-state index contributed by atoms with van der Waals surface area (Å²) in [5.41, 5.74) is 1.05. The van der Waals surface area contributed by atoms with Crippen molar-refractivity contribution in [3.63, 3.8) is 0 Å². The van der Waals surface area contributed by atoms with Gasteiger partial charge in [-0.25, -0.2) is 9.48 Å². The van der Waals surface area contributed by atoms with Gasteiger partial charge in [0.15, 0.2) is 6.54 Å². The number of hydrogen-bond acceptors (Lipinski definition) is 3. The first-order valence-corrected chi connectivity index (χ1v) is 10.5. The van der Waals surface area contributed by atoms with E-state index in [-0.39, 0.29) is 17.0 Å². The zero-order valence-electron chi connectivity index (χ0n) is 16.1. The van der Waals surface area contributed by atoms with E-state index in [1.165, 1.54) is 12.3 Å². The van der Waals surface area contributed by atoms with E-state index in [1.54, 1.807) is 0 Å². The number of benzene rings is 2. The van der Waals surface area contributed by atoms with Gasteiger partial charge in [-0.05, 0) is 62.6 Å². The third kappa shape index (κ3) is 4.00. The van der Waals surface area contributed by atoms with Crippen molar-refractivity contribution in [1.82, 2.24) is 0 Å². The van der Waals surface area contributed by atoms with Gasteiger partial charge in [-0.15, -0.1) is 0 Å². The highest BCUT2D eigenvalue weighted by Gasteiger charge is 2.51. The van der Waals surface area contributed by atoms with Crippen molar-refractivity contribution in [2.45, 2.75) is 38.3 Å². The van der Waals surface area contributed by atoms with Crippen molar-refractivity contribution in [2.24, 2.45) is 0 Å². The van der Waals surface area contributed by atoms with Gasteiger partial charge in [-0.2, -0.15) is 0 Å². The van der Waals surface area contributed by atoms with E-state index in [4.69, 9.17) is 4.74 Å². The maximum atomic E-state index is 11.8. The van der Waals surface area contributed by atoms with E-state index in [0.717, 1.165) is 47.3 Å². The van der Waals surface area contributed by atoms with Crippen LogP contribution in [-0.2, 0) is 5.72 Å². The molecule has 0 amide bonds. The monoisotopic (exact) mass is 508 g/mol. The molecule has 28 heavy (non-hydrogen) atoms. The summed E-state index contributed by atoms with van der Waals surface area (Å²) in [6.07, 6.45) is 4.47. The Labute approximate surface area is 185 Å². The highest BCUT2D eigenvalue weighted by atomic mass is 79.9. The molecule has 2 aliphatic rings. The van der Waals surface area contributed by atoms with Crippen LogP contribution in [0.15, 0.2) is 53.0 Å². The Balaban J connectivity index is 0.00000225. The molecule has 0 bridgehead atoms. The van der Waals surface area contributed by atoms with Crippen molar-refractivity contribution in [2.75, 3.05) is 24.6 Å². The summed E-state index contributed by atoms with van der Waals surface area (Å²) in [5.74, 6) is 2.11. The fourth-order valence-electron chi connectivity index (χ4n) is 4.16. The quantitative estimate of drug-likeness (QED) is 0.634. The van der Waals surface area contributed by atoms with Crippen LogP contribution in [0.3, 0.4) is 0 Å². The van der Waals surface area contributed by atoms with E-state index in [2.05, 4.69) is 37.5 Å². The number of rotatable bonds is 4. The third-order valence-electron chi connectivity index (χ3n) is 5.50. The summed E-state index contributed by atoms with van der Waals surface area (Å²) in [7, 11) is 0. The molecule has 0 aromatic heterocycles. The topological polar surface area (TPSA) is 35.7 Å². The predicted molar refractivity (Wildman–Crippen MR) is 112 cm³/mol.